The minimum Gasteiger partial charge on any atom is -0.493 e. The normalized spacial score (nSPS) is 17.5. The molecule has 1 aliphatic carbocycles. The van der Waals surface area contributed by atoms with Gasteiger partial charge < -0.3 is 14.6 Å². The van der Waals surface area contributed by atoms with E-state index >= 15 is 0 Å². The van der Waals surface area contributed by atoms with Crippen LogP contribution < -0.4 is 9.47 Å². The highest BCUT2D eigenvalue weighted by atomic mass is 79.9. The monoisotopic (exact) mass is 328 g/mol. The van der Waals surface area contributed by atoms with Crippen molar-refractivity contribution in [3.05, 3.63) is 22.2 Å². The summed E-state index contributed by atoms with van der Waals surface area (Å²) in [6, 6.07) is 3.85. The summed E-state index contributed by atoms with van der Waals surface area (Å²) in [5, 5.41) is 9.66. The molecule has 0 radical (unpaired) electrons. The number of ether oxygens (including phenoxy) is 2. The fourth-order valence-corrected chi connectivity index (χ4v) is 3.00. The Balaban J connectivity index is 2.32. The van der Waals surface area contributed by atoms with Gasteiger partial charge in [-0.25, -0.2) is 0 Å². The van der Waals surface area contributed by atoms with Crippen LogP contribution in [0.5, 0.6) is 11.5 Å². The van der Waals surface area contributed by atoms with E-state index in [0.29, 0.717) is 6.42 Å². The molecule has 1 unspecified atom stereocenters. The maximum absolute atomic E-state index is 9.66. The molecular weight excluding hydrogens is 308 g/mol. The molecule has 0 aliphatic heterocycles. The second-order valence-electron chi connectivity index (χ2n) is 5.13. The Labute approximate surface area is 123 Å². The average Bonchev–Trinajstić information content (AvgIpc) is 2.86. The van der Waals surface area contributed by atoms with Gasteiger partial charge in [-0.15, -0.1) is 0 Å². The number of rotatable bonds is 5. The largest absolute Gasteiger partial charge is 0.493 e. The van der Waals surface area contributed by atoms with Crippen molar-refractivity contribution in [1.82, 2.24) is 0 Å². The number of hydrogen-bond acceptors (Lipinski definition) is 3. The van der Waals surface area contributed by atoms with Gasteiger partial charge in [0, 0.05) is 16.5 Å². The van der Waals surface area contributed by atoms with Crippen molar-refractivity contribution in [3.8, 4) is 11.5 Å². The van der Waals surface area contributed by atoms with E-state index in [2.05, 4.69) is 15.9 Å². The van der Waals surface area contributed by atoms with E-state index in [0.717, 1.165) is 34.4 Å². The van der Waals surface area contributed by atoms with E-state index in [4.69, 9.17) is 9.47 Å². The molecule has 4 heteroatoms. The molecule has 0 saturated heterocycles. The third-order valence-electron chi connectivity index (χ3n) is 3.47. The maximum Gasteiger partial charge on any atom is 0.165 e. The van der Waals surface area contributed by atoms with Crippen LogP contribution >= 0.6 is 15.9 Å². The fourth-order valence-electron chi connectivity index (χ4n) is 2.53. The molecule has 3 nitrogen and oxygen atoms in total. The first-order valence-electron chi connectivity index (χ1n) is 6.82. The summed E-state index contributed by atoms with van der Waals surface area (Å²) in [4.78, 5) is 0. The molecule has 1 aromatic carbocycles. The first kappa shape index (κ1) is 14.7. The molecule has 0 spiro atoms. The van der Waals surface area contributed by atoms with E-state index in [1.54, 1.807) is 14.0 Å². The Kier molecular flexibility index (Phi) is 5.11. The highest BCUT2D eigenvalue weighted by Crippen LogP contribution is 2.39. The summed E-state index contributed by atoms with van der Waals surface area (Å²) in [6.45, 7) is 1.78. The average molecular weight is 329 g/mol. The zero-order valence-electron chi connectivity index (χ0n) is 11.5. The van der Waals surface area contributed by atoms with Crippen LogP contribution in [0.3, 0.4) is 0 Å². The first-order valence-corrected chi connectivity index (χ1v) is 7.61. The Morgan fingerprint density at radius 3 is 2.63 bits per heavy atom. The maximum atomic E-state index is 9.66. The van der Waals surface area contributed by atoms with Crippen LogP contribution in [0.1, 0.15) is 38.2 Å². The van der Waals surface area contributed by atoms with Gasteiger partial charge in [-0.1, -0.05) is 15.9 Å². The lowest BCUT2D eigenvalue weighted by Gasteiger charge is -2.21. The Hall–Kier alpha value is -0.740. The molecule has 1 aliphatic rings. The van der Waals surface area contributed by atoms with E-state index in [9.17, 15) is 5.11 Å². The lowest BCUT2D eigenvalue weighted by molar-refractivity contribution is 0.180. The summed E-state index contributed by atoms with van der Waals surface area (Å²) >= 11 is 3.54. The smallest absolute Gasteiger partial charge is 0.165 e. The molecule has 1 saturated carbocycles. The standard InChI is InChI=1S/C15H21BrO3/c1-10(17)9-12-13(16)7-8-14(18-2)15(12)19-11-5-3-4-6-11/h7-8,10-11,17H,3-6,9H2,1-2H3. The number of aliphatic hydroxyl groups excluding tert-OH is 1. The van der Waals surface area contributed by atoms with E-state index < -0.39 is 6.10 Å². The van der Waals surface area contributed by atoms with Gasteiger partial charge in [0.2, 0.25) is 0 Å². The van der Waals surface area contributed by atoms with Crippen molar-refractivity contribution in [3.63, 3.8) is 0 Å². The summed E-state index contributed by atoms with van der Waals surface area (Å²) in [6.07, 6.45) is 5.08. The molecule has 1 aromatic rings. The first-order chi connectivity index (χ1) is 9.11. The Bertz CT molecular complexity index is 426. The number of methoxy groups -OCH3 is 1. The van der Waals surface area contributed by atoms with Crippen molar-refractivity contribution < 1.29 is 14.6 Å². The van der Waals surface area contributed by atoms with Crippen LogP contribution in [0.25, 0.3) is 0 Å². The number of aliphatic hydroxyl groups is 1. The van der Waals surface area contributed by atoms with Gasteiger partial charge in [-0.2, -0.15) is 0 Å². The number of benzene rings is 1. The third kappa shape index (κ3) is 3.63. The Morgan fingerprint density at radius 1 is 1.37 bits per heavy atom. The molecule has 1 atom stereocenters. The lowest BCUT2D eigenvalue weighted by Crippen LogP contribution is -2.15. The van der Waals surface area contributed by atoms with Gasteiger partial charge in [0.15, 0.2) is 11.5 Å². The Morgan fingerprint density at radius 2 is 2.05 bits per heavy atom. The van der Waals surface area contributed by atoms with Crippen molar-refractivity contribution in [2.75, 3.05) is 7.11 Å². The van der Waals surface area contributed by atoms with Crippen LogP contribution in [0, 0.1) is 0 Å². The van der Waals surface area contributed by atoms with Gasteiger partial charge in [0.05, 0.1) is 19.3 Å². The van der Waals surface area contributed by atoms with Crippen molar-refractivity contribution >= 4 is 15.9 Å². The van der Waals surface area contributed by atoms with Crippen LogP contribution in [0.2, 0.25) is 0 Å². The van der Waals surface area contributed by atoms with Gasteiger partial charge in [0.1, 0.15) is 0 Å². The molecule has 0 amide bonds. The van der Waals surface area contributed by atoms with E-state index in [-0.39, 0.29) is 6.10 Å². The van der Waals surface area contributed by atoms with Crippen LogP contribution in [0.4, 0.5) is 0 Å². The molecule has 1 fully saturated rings. The zero-order chi connectivity index (χ0) is 13.8. The predicted octanol–water partition coefficient (Wildman–Crippen LogP) is 3.70. The highest BCUT2D eigenvalue weighted by molar-refractivity contribution is 9.10. The third-order valence-corrected chi connectivity index (χ3v) is 4.22. The van der Waals surface area contributed by atoms with Gasteiger partial charge in [0.25, 0.3) is 0 Å². The second kappa shape index (κ2) is 6.62. The number of halogens is 1. The topological polar surface area (TPSA) is 38.7 Å². The fraction of sp³-hybridized carbons (Fsp3) is 0.600. The SMILES string of the molecule is COc1ccc(Br)c(CC(C)O)c1OC1CCCC1. The van der Waals surface area contributed by atoms with Crippen molar-refractivity contribution in [2.45, 2.75) is 51.2 Å². The molecule has 106 valence electrons. The summed E-state index contributed by atoms with van der Waals surface area (Å²) in [7, 11) is 1.65. The minimum absolute atomic E-state index is 0.274. The van der Waals surface area contributed by atoms with Gasteiger partial charge in [-0.3, -0.25) is 0 Å². The van der Waals surface area contributed by atoms with Crippen molar-refractivity contribution in [2.24, 2.45) is 0 Å². The summed E-state index contributed by atoms with van der Waals surface area (Å²) in [5.74, 6) is 1.52. The quantitative estimate of drug-likeness (QED) is 0.895. The van der Waals surface area contributed by atoms with Gasteiger partial charge >= 0.3 is 0 Å². The van der Waals surface area contributed by atoms with E-state index in [1.165, 1.54) is 12.8 Å². The molecule has 0 bridgehead atoms. The number of hydrogen-bond donors (Lipinski definition) is 1. The predicted molar refractivity (Wildman–Crippen MR) is 79.0 cm³/mol. The molecule has 1 N–H and O–H groups in total. The summed E-state index contributed by atoms with van der Waals surface area (Å²) < 4.78 is 12.5. The zero-order valence-corrected chi connectivity index (χ0v) is 13.1. The summed E-state index contributed by atoms with van der Waals surface area (Å²) in [5.41, 5.74) is 0.987. The second-order valence-corrected chi connectivity index (χ2v) is 5.99. The van der Waals surface area contributed by atoms with Crippen molar-refractivity contribution in [1.29, 1.82) is 0 Å². The van der Waals surface area contributed by atoms with Crippen LogP contribution in [-0.2, 0) is 6.42 Å². The molecular formula is C15H21BrO3. The molecule has 2 rings (SSSR count). The lowest BCUT2D eigenvalue weighted by atomic mass is 10.1. The van der Waals surface area contributed by atoms with E-state index in [1.807, 2.05) is 12.1 Å². The highest BCUT2D eigenvalue weighted by Gasteiger charge is 2.22. The molecule has 0 aromatic heterocycles. The van der Waals surface area contributed by atoms with Gasteiger partial charge in [-0.05, 0) is 44.7 Å². The van der Waals surface area contributed by atoms with Crippen LogP contribution in [-0.4, -0.2) is 24.4 Å². The van der Waals surface area contributed by atoms with Crippen LogP contribution in [0.15, 0.2) is 16.6 Å². The molecule has 19 heavy (non-hydrogen) atoms. The minimum atomic E-state index is -0.408. The molecule has 0 heterocycles.